The van der Waals surface area contributed by atoms with Crippen molar-refractivity contribution in [3.8, 4) is 11.5 Å². The van der Waals surface area contributed by atoms with E-state index in [9.17, 15) is 39.9 Å². The van der Waals surface area contributed by atoms with Gasteiger partial charge in [0.15, 0.2) is 17.4 Å². The molecular formula is C25H24O11. The minimum atomic E-state index is -1.91. The first-order valence-corrected chi connectivity index (χ1v) is 11.0. The van der Waals surface area contributed by atoms with Crippen LogP contribution in [0.15, 0.2) is 57.7 Å². The molecule has 0 spiro atoms. The number of benzene rings is 2. The van der Waals surface area contributed by atoms with Crippen molar-refractivity contribution >= 4 is 22.7 Å². The molecule has 0 radical (unpaired) electrons. The van der Waals surface area contributed by atoms with Crippen LogP contribution < -0.4 is 10.4 Å². The number of fused-ring (bicyclic) bond motifs is 1. The summed E-state index contributed by atoms with van der Waals surface area (Å²) in [5.74, 6) is -3.23. The van der Waals surface area contributed by atoms with E-state index < -0.39 is 54.0 Å². The van der Waals surface area contributed by atoms with E-state index in [-0.39, 0.29) is 34.5 Å². The maximum atomic E-state index is 13.1. The first kappa shape index (κ1) is 25.3. The van der Waals surface area contributed by atoms with Crippen LogP contribution in [0.2, 0.25) is 0 Å². The summed E-state index contributed by atoms with van der Waals surface area (Å²) < 4.78 is 16.1. The van der Waals surface area contributed by atoms with Gasteiger partial charge in [0.05, 0.1) is 10.9 Å². The summed E-state index contributed by atoms with van der Waals surface area (Å²) in [6, 6.07) is 12.9. The van der Waals surface area contributed by atoms with Crippen LogP contribution in [-0.2, 0) is 14.3 Å². The van der Waals surface area contributed by atoms with Gasteiger partial charge in [0.2, 0.25) is 6.29 Å². The van der Waals surface area contributed by atoms with Gasteiger partial charge in [0.1, 0.15) is 29.8 Å². The molecule has 36 heavy (non-hydrogen) atoms. The van der Waals surface area contributed by atoms with Crippen molar-refractivity contribution in [1.82, 2.24) is 0 Å². The van der Waals surface area contributed by atoms with Gasteiger partial charge in [-0.05, 0) is 24.6 Å². The Kier molecular flexibility index (Phi) is 7.09. The summed E-state index contributed by atoms with van der Waals surface area (Å²) in [6.07, 6.45) is -9.37. The second-order valence-electron chi connectivity index (χ2n) is 8.51. The number of rotatable bonds is 7. The molecule has 4 rings (SSSR count). The molecule has 0 amide bonds. The molecule has 2 heterocycles. The van der Waals surface area contributed by atoms with Gasteiger partial charge >= 0.3 is 11.6 Å². The lowest BCUT2D eigenvalue weighted by atomic mass is 9.87. The molecule has 0 bridgehead atoms. The van der Waals surface area contributed by atoms with E-state index in [1.54, 1.807) is 30.3 Å². The van der Waals surface area contributed by atoms with Gasteiger partial charge < -0.3 is 39.4 Å². The van der Waals surface area contributed by atoms with Crippen LogP contribution in [0.4, 0.5) is 0 Å². The van der Waals surface area contributed by atoms with Gasteiger partial charge in [-0.15, -0.1) is 0 Å². The average Bonchev–Trinajstić information content (AvgIpc) is 2.84. The van der Waals surface area contributed by atoms with Crippen LogP contribution >= 0.6 is 0 Å². The predicted octanol–water partition coefficient (Wildman–Crippen LogP) is 0.881. The van der Waals surface area contributed by atoms with Crippen LogP contribution in [0.3, 0.4) is 0 Å². The number of aromatic hydroxyl groups is 1. The van der Waals surface area contributed by atoms with Crippen LogP contribution in [0.25, 0.3) is 11.0 Å². The zero-order valence-corrected chi connectivity index (χ0v) is 19.0. The molecule has 1 fully saturated rings. The lowest BCUT2D eigenvalue weighted by Crippen LogP contribution is -2.61. The third-order valence-corrected chi connectivity index (χ3v) is 6.00. The normalized spacial score (nSPS) is 24.8. The maximum Gasteiger partial charge on any atom is 0.343 e. The molecule has 11 heteroatoms. The summed E-state index contributed by atoms with van der Waals surface area (Å²) in [6.45, 7) is 1.37. The molecule has 11 nitrogen and oxygen atoms in total. The van der Waals surface area contributed by atoms with E-state index in [2.05, 4.69) is 0 Å². The van der Waals surface area contributed by atoms with Gasteiger partial charge in [0.25, 0.3) is 0 Å². The monoisotopic (exact) mass is 500 g/mol. The SMILES string of the molecule is CC(=O)C[C@H](c1ccccc1)c1c(O)c2cccc(OC3O[C@H](C(=O)O)[C@@H](O)[C@H](O)[C@H]3O)c2oc1=O. The predicted molar refractivity (Wildman–Crippen MR) is 123 cm³/mol. The molecule has 2 aromatic carbocycles. The molecule has 1 aromatic heterocycles. The Hall–Kier alpha value is -3.77. The summed E-state index contributed by atoms with van der Waals surface area (Å²) in [7, 11) is 0. The molecule has 5 N–H and O–H groups in total. The fourth-order valence-electron chi connectivity index (χ4n) is 4.23. The zero-order valence-electron chi connectivity index (χ0n) is 19.0. The Morgan fingerprint density at radius 2 is 1.69 bits per heavy atom. The molecular weight excluding hydrogens is 476 g/mol. The van der Waals surface area contributed by atoms with E-state index >= 15 is 0 Å². The van der Waals surface area contributed by atoms with E-state index in [0.717, 1.165) is 0 Å². The number of para-hydroxylation sites is 1. The van der Waals surface area contributed by atoms with Crippen molar-refractivity contribution in [2.75, 3.05) is 0 Å². The number of hydrogen-bond donors (Lipinski definition) is 5. The maximum absolute atomic E-state index is 13.1. The molecule has 1 saturated heterocycles. The van der Waals surface area contributed by atoms with E-state index in [4.69, 9.17) is 13.9 Å². The van der Waals surface area contributed by atoms with Gasteiger partial charge in [-0.25, -0.2) is 9.59 Å². The highest BCUT2D eigenvalue weighted by molar-refractivity contribution is 5.89. The van der Waals surface area contributed by atoms with Crippen LogP contribution in [0, 0.1) is 0 Å². The fourth-order valence-corrected chi connectivity index (χ4v) is 4.23. The first-order chi connectivity index (χ1) is 17.1. The first-order valence-electron chi connectivity index (χ1n) is 11.0. The Labute approximate surface area is 203 Å². The topological polar surface area (TPSA) is 184 Å². The standard InChI is InChI=1S/C25H24O11/c1-11(26)10-14(12-6-3-2-4-7-12)16-17(27)13-8-5-9-15(21(13)35-24(16)33)34-25-20(30)18(28)19(29)22(36-25)23(31)32/h2-9,14,18-20,22,25,27-30H,10H2,1H3,(H,31,32)/t14-,18+,19+,20-,22+,25?/m1/s1. The highest BCUT2D eigenvalue weighted by atomic mass is 16.7. The number of aliphatic hydroxyl groups is 3. The number of aliphatic carboxylic acids is 1. The van der Waals surface area contributed by atoms with Crippen LogP contribution in [0.1, 0.15) is 30.4 Å². The molecule has 1 aliphatic rings. The van der Waals surface area contributed by atoms with Crippen molar-refractivity contribution in [2.45, 2.75) is 50.0 Å². The lowest BCUT2D eigenvalue weighted by Gasteiger charge is -2.38. The molecule has 1 aliphatic heterocycles. The number of hydrogen-bond acceptors (Lipinski definition) is 10. The van der Waals surface area contributed by atoms with E-state index in [1.165, 1.54) is 25.1 Å². The zero-order chi connectivity index (χ0) is 26.1. The van der Waals surface area contributed by atoms with Gasteiger partial charge in [0, 0.05) is 12.3 Å². The number of carboxylic acids is 1. The Balaban J connectivity index is 1.77. The van der Waals surface area contributed by atoms with Gasteiger partial charge in [-0.3, -0.25) is 4.79 Å². The number of carboxylic acid groups (broad SMARTS) is 1. The number of ketones is 1. The molecule has 0 saturated carbocycles. The second-order valence-corrected chi connectivity index (χ2v) is 8.51. The summed E-state index contributed by atoms with van der Waals surface area (Å²) >= 11 is 0. The molecule has 3 aromatic rings. The van der Waals surface area contributed by atoms with Crippen molar-refractivity contribution in [3.63, 3.8) is 0 Å². The molecule has 1 unspecified atom stereocenters. The number of Topliss-reactive ketones (excluding diaryl/α,β-unsaturated/α-hetero) is 1. The molecule has 6 atom stereocenters. The smallest absolute Gasteiger partial charge is 0.343 e. The fraction of sp³-hybridized carbons (Fsp3) is 0.320. The summed E-state index contributed by atoms with van der Waals surface area (Å²) in [4.78, 5) is 36.4. The van der Waals surface area contributed by atoms with Crippen LogP contribution in [0.5, 0.6) is 11.5 Å². The molecule has 190 valence electrons. The highest BCUT2D eigenvalue weighted by Gasteiger charge is 2.48. The largest absolute Gasteiger partial charge is 0.507 e. The Morgan fingerprint density at radius 3 is 2.33 bits per heavy atom. The number of aliphatic hydroxyl groups excluding tert-OH is 3. The Morgan fingerprint density at radius 1 is 1.00 bits per heavy atom. The third kappa shape index (κ3) is 4.69. The summed E-state index contributed by atoms with van der Waals surface area (Å²) in [5.41, 5.74) is -0.677. The molecule has 0 aliphatic carbocycles. The van der Waals surface area contributed by atoms with Crippen molar-refractivity contribution in [3.05, 3.63) is 70.1 Å². The number of ether oxygens (including phenoxy) is 2. The summed E-state index contributed by atoms with van der Waals surface area (Å²) in [5, 5.41) is 50.5. The third-order valence-electron chi connectivity index (χ3n) is 6.00. The van der Waals surface area contributed by atoms with Crippen molar-refractivity contribution in [2.24, 2.45) is 0 Å². The minimum absolute atomic E-state index is 0.0484. The highest BCUT2D eigenvalue weighted by Crippen LogP contribution is 2.39. The number of carbonyl (C=O) groups excluding carboxylic acids is 1. The Bertz CT molecular complexity index is 1330. The average molecular weight is 500 g/mol. The van der Waals surface area contributed by atoms with Crippen molar-refractivity contribution in [1.29, 1.82) is 0 Å². The van der Waals surface area contributed by atoms with Gasteiger partial charge in [-0.1, -0.05) is 36.4 Å². The van der Waals surface area contributed by atoms with Crippen molar-refractivity contribution < 1.29 is 49.0 Å². The lowest BCUT2D eigenvalue weighted by molar-refractivity contribution is -0.271. The van der Waals surface area contributed by atoms with E-state index in [0.29, 0.717) is 5.56 Å². The second kappa shape index (κ2) is 10.1. The quantitative estimate of drug-likeness (QED) is 0.290. The minimum Gasteiger partial charge on any atom is -0.507 e. The van der Waals surface area contributed by atoms with Gasteiger partial charge in [-0.2, -0.15) is 0 Å². The number of carbonyl (C=O) groups is 2. The van der Waals surface area contributed by atoms with Crippen LogP contribution in [-0.4, -0.2) is 68.0 Å². The van der Waals surface area contributed by atoms with E-state index in [1.807, 2.05) is 0 Å².